The Hall–Kier alpha value is -1.20. The minimum Gasteiger partial charge on any atom is -0.475 e. The summed E-state index contributed by atoms with van der Waals surface area (Å²) in [6.45, 7) is 3.86. The van der Waals surface area contributed by atoms with Crippen LogP contribution in [0.2, 0.25) is 0 Å². The molecule has 1 rings (SSSR count). The Morgan fingerprint density at radius 1 is 1.44 bits per heavy atom. The van der Waals surface area contributed by atoms with Gasteiger partial charge in [0.25, 0.3) is 0 Å². The SMILES string of the molecule is CCCOCCOc1cc(C(N)=S)ccn1. The molecule has 0 saturated heterocycles. The molecule has 0 spiro atoms. The van der Waals surface area contributed by atoms with Gasteiger partial charge in [0, 0.05) is 24.4 Å². The molecule has 0 aliphatic rings. The summed E-state index contributed by atoms with van der Waals surface area (Å²) < 4.78 is 10.7. The smallest absolute Gasteiger partial charge is 0.213 e. The molecule has 0 bridgehead atoms. The second kappa shape index (κ2) is 7.14. The van der Waals surface area contributed by atoms with E-state index in [0.29, 0.717) is 24.1 Å². The molecule has 0 amide bonds. The molecule has 0 fully saturated rings. The zero-order valence-electron chi connectivity index (χ0n) is 9.31. The number of nitrogens with two attached hydrogens (primary N) is 1. The van der Waals surface area contributed by atoms with E-state index in [1.165, 1.54) is 0 Å². The maximum atomic E-state index is 5.50. The van der Waals surface area contributed by atoms with Gasteiger partial charge in [0.05, 0.1) is 6.61 Å². The summed E-state index contributed by atoms with van der Waals surface area (Å²) in [5, 5.41) is 0. The van der Waals surface area contributed by atoms with Crippen LogP contribution in [-0.4, -0.2) is 29.8 Å². The minimum atomic E-state index is 0.342. The normalized spacial score (nSPS) is 10.1. The maximum absolute atomic E-state index is 5.50. The highest BCUT2D eigenvalue weighted by Gasteiger charge is 2.00. The van der Waals surface area contributed by atoms with E-state index in [2.05, 4.69) is 11.9 Å². The van der Waals surface area contributed by atoms with Crippen LogP contribution < -0.4 is 10.5 Å². The van der Waals surface area contributed by atoms with E-state index in [4.69, 9.17) is 27.4 Å². The largest absolute Gasteiger partial charge is 0.475 e. The molecule has 1 aromatic heterocycles. The van der Waals surface area contributed by atoms with Crippen molar-refractivity contribution >= 4 is 17.2 Å². The van der Waals surface area contributed by atoms with E-state index in [-0.39, 0.29) is 0 Å². The Morgan fingerprint density at radius 3 is 2.94 bits per heavy atom. The summed E-state index contributed by atoms with van der Waals surface area (Å²) >= 11 is 4.86. The fourth-order valence-electron chi connectivity index (χ4n) is 1.09. The van der Waals surface area contributed by atoms with Gasteiger partial charge in [-0.2, -0.15) is 0 Å². The predicted molar refractivity (Wildman–Crippen MR) is 66.7 cm³/mol. The highest BCUT2D eigenvalue weighted by Crippen LogP contribution is 2.08. The summed E-state index contributed by atoms with van der Waals surface area (Å²) in [6.07, 6.45) is 2.63. The van der Waals surface area contributed by atoms with Gasteiger partial charge < -0.3 is 15.2 Å². The van der Waals surface area contributed by atoms with E-state index in [0.717, 1.165) is 18.6 Å². The van der Waals surface area contributed by atoms with Crippen molar-refractivity contribution in [1.29, 1.82) is 0 Å². The lowest BCUT2D eigenvalue weighted by Gasteiger charge is -2.06. The molecular formula is C11H16N2O2S. The Balaban J connectivity index is 2.36. The number of ether oxygens (including phenoxy) is 2. The molecule has 1 heterocycles. The van der Waals surface area contributed by atoms with Gasteiger partial charge in [0.15, 0.2) is 0 Å². The first-order chi connectivity index (χ1) is 7.74. The first-order valence-corrected chi connectivity index (χ1v) is 5.61. The first kappa shape index (κ1) is 12.9. The van der Waals surface area contributed by atoms with Crippen molar-refractivity contribution in [3.63, 3.8) is 0 Å². The number of rotatable bonds is 7. The number of nitrogens with zero attached hydrogens (tertiary/aromatic N) is 1. The number of aromatic nitrogens is 1. The van der Waals surface area contributed by atoms with Gasteiger partial charge >= 0.3 is 0 Å². The van der Waals surface area contributed by atoms with Crippen molar-refractivity contribution in [2.75, 3.05) is 19.8 Å². The fourth-order valence-corrected chi connectivity index (χ4v) is 1.22. The standard InChI is InChI=1S/C11H16N2O2S/c1-2-5-14-6-7-15-10-8-9(11(12)16)3-4-13-10/h3-4,8H,2,5-7H2,1H3,(H2,12,16). The molecule has 0 aromatic carbocycles. The van der Waals surface area contributed by atoms with E-state index in [1.807, 2.05) is 0 Å². The Kier molecular flexibility index (Phi) is 5.74. The third-order valence-electron chi connectivity index (χ3n) is 1.85. The van der Waals surface area contributed by atoms with Crippen molar-refractivity contribution in [2.24, 2.45) is 5.73 Å². The Labute approximate surface area is 101 Å². The molecule has 0 unspecified atom stereocenters. The highest BCUT2D eigenvalue weighted by atomic mass is 32.1. The molecule has 0 saturated carbocycles. The summed E-state index contributed by atoms with van der Waals surface area (Å²) in [6, 6.07) is 3.48. The van der Waals surface area contributed by atoms with Crippen molar-refractivity contribution in [3.05, 3.63) is 23.9 Å². The van der Waals surface area contributed by atoms with Gasteiger partial charge in [-0.1, -0.05) is 19.1 Å². The van der Waals surface area contributed by atoms with Crippen LogP contribution in [0.5, 0.6) is 5.88 Å². The average Bonchev–Trinajstić information content (AvgIpc) is 2.29. The molecule has 0 radical (unpaired) electrons. The second-order valence-corrected chi connectivity index (χ2v) is 3.65. The molecule has 0 aliphatic carbocycles. The average molecular weight is 240 g/mol. The van der Waals surface area contributed by atoms with Crippen molar-refractivity contribution < 1.29 is 9.47 Å². The zero-order valence-corrected chi connectivity index (χ0v) is 10.1. The van der Waals surface area contributed by atoms with Crippen molar-refractivity contribution in [3.8, 4) is 5.88 Å². The monoisotopic (exact) mass is 240 g/mol. The summed E-state index contributed by atoms with van der Waals surface area (Å²) in [5.74, 6) is 0.519. The van der Waals surface area contributed by atoms with E-state index in [1.54, 1.807) is 18.3 Å². The van der Waals surface area contributed by atoms with Gasteiger partial charge in [-0.25, -0.2) is 4.98 Å². The summed E-state index contributed by atoms with van der Waals surface area (Å²) in [5.41, 5.74) is 6.26. The van der Waals surface area contributed by atoms with Gasteiger partial charge in [-0.3, -0.25) is 0 Å². The van der Waals surface area contributed by atoms with Gasteiger partial charge in [-0.15, -0.1) is 0 Å². The number of thiocarbonyl (C=S) groups is 1. The highest BCUT2D eigenvalue weighted by molar-refractivity contribution is 7.80. The molecule has 4 nitrogen and oxygen atoms in total. The Morgan fingerprint density at radius 2 is 2.25 bits per heavy atom. The molecule has 1 aromatic rings. The second-order valence-electron chi connectivity index (χ2n) is 3.21. The topological polar surface area (TPSA) is 57.4 Å². The first-order valence-electron chi connectivity index (χ1n) is 5.20. The summed E-state index contributed by atoms with van der Waals surface area (Å²) in [7, 11) is 0. The van der Waals surface area contributed by atoms with Crippen LogP contribution >= 0.6 is 12.2 Å². The molecule has 5 heteroatoms. The lowest BCUT2D eigenvalue weighted by atomic mass is 10.3. The third kappa shape index (κ3) is 4.55. The lowest BCUT2D eigenvalue weighted by Crippen LogP contribution is -2.11. The van der Waals surface area contributed by atoms with E-state index < -0.39 is 0 Å². The molecule has 2 N–H and O–H groups in total. The minimum absolute atomic E-state index is 0.342. The lowest BCUT2D eigenvalue weighted by molar-refractivity contribution is 0.0990. The number of hydrogen-bond donors (Lipinski definition) is 1. The molecular weight excluding hydrogens is 224 g/mol. The maximum Gasteiger partial charge on any atom is 0.213 e. The van der Waals surface area contributed by atoms with E-state index in [9.17, 15) is 0 Å². The van der Waals surface area contributed by atoms with Crippen LogP contribution in [0.4, 0.5) is 0 Å². The Bertz CT molecular complexity index is 345. The van der Waals surface area contributed by atoms with Crippen LogP contribution in [-0.2, 0) is 4.74 Å². The molecule has 0 atom stereocenters. The third-order valence-corrected chi connectivity index (χ3v) is 2.08. The van der Waals surface area contributed by atoms with Crippen molar-refractivity contribution in [2.45, 2.75) is 13.3 Å². The number of pyridine rings is 1. The quantitative estimate of drug-likeness (QED) is 0.578. The van der Waals surface area contributed by atoms with Crippen LogP contribution in [0.3, 0.4) is 0 Å². The van der Waals surface area contributed by atoms with Crippen molar-refractivity contribution in [1.82, 2.24) is 4.98 Å². The number of hydrogen-bond acceptors (Lipinski definition) is 4. The summed E-state index contributed by atoms with van der Waals surface area (Å²) in [4.78, 5) is 4.39. The van der Waals surface area contributed by atoms with Crippen LogP contribution in [0, 0.1) is 0 Å². The predicted octanol–water partition coefficient (Wildman–Crippen LogP) is 1.52. The van der Waals surface area contributed by atoms with Crippen LogP contribution in [0.25, 0.3) is 0 Å². The van der Waals surface area contributed by atoms with E-state index >= 15 is 0 Å². The van der Waals surface area contributed by atoms with Gasteiger partial charge in [0.2, 0.25) is 5.88 Å². The fraction of sp³-hybridized carbons (Fsp3) is 0.455. The van der Waals surface area contributed by atoms with Gasteiger partial charge in [-0.05, 0) is 12.5 Å². The van der Waals surface area contributed by atoms with Crippen LogP contribution in [0.15, 0.2) is 18.3 Å². The zero-order chi connectivity index (χ0) is 11.8. The molecule has 16 heavy (non-hydrogen) atoms. The van der Waals surface area contributed by atoms with Gasteiger partial charge in [0.1, 0.15) is 11.6 Å². The van der Waals surface area contributed by atoms with Crippen LogP contribution in [0.1, 0.15) is 18.9 Å². The molecule has 88 valence electrons. The molecule has 0 aliphatic heterocycles.